The van der Waals surface area contributed by atoms with Crippen molar-refractivity contribution in [3.63, 3.8) is 0 Å². The van der Waals surface area contributed by atoms with Gasteiger partial charge in [-0.25, -0.2) is 0 Å². The zero-order valence-corrected chi connectivity index (χ0v) is 7.90. The zero-order chi connectivity index (χ0) is 9.42. The molecular formula is C11H14O2. The van der Waals surface area contributed by atoms with Gasteiger partial charge in [0.25, 0.3) is 0 Å². The summed E-state index contributed by atoms with van der Waals surface area (Å²) in [7, 11) is 0. The molecule has 0 aromatic heterocycles. The SMILES string of the molecule is CC(C)C1OC(O)c2ccccc21. The summed E-state index contributed by atoms with van der Waals surface area (Å²) in [5.74, 6) is 0.401. The van der Waals surface area contributed by atoms with Gasteiger partial charge in [-0.05, 0) is 11.5 Å². The molecule has 1 N–H and O–H groups in total. The second kappa shape index (κ2) is 3.13. The highest BCUT2D eigenvalue weighted by Gasteiger charge is 2.31. The molecule has 2 heteroatoms. The summed E-state index contributed by atoms with van der Waals surface area (Å²) in [4.78, 5) is 0. The molecule has 1 aliphatic heterocycles. The Bertz CT molecular complexity index is 307. The maximum absolute atomic E-state index is 9.58. The Morgan fingerprint density at radius 1 is 1.23 bits per heavy atom. The molecule has 0 radical (unpaired) electrons. The summed E-state index contributed by atoms with van der Waals surface area (Å²) in [6, 6.07) is 7.85. The largest absolute Gasteiger partial charge is 0.364 e. The molecule has 0 fully saturated rings. The van der Waals surface area contributed by atoms with Gasteiger partial charge in [-0.2, -0.15) is 0 Å². The fourth-order valence-electron chi connectivity index (χ4n) is 1.80. The van der Waals surface area contributed by atoms with Gasteiger partial charge in [-0.15, -0.1) is 0 Å². The van der Waals surface area contributed by atoms with E-state index in [1.165, 1.54) is 0 Å². The van der Waals surface area contributed by atoms with Gasteiger partial charge < -0.3 is 9.84 Å². The van der Waals surface area contributed by atoms with Crippen LogP contribution in [0.2, 0.25) is 0 Å². The minimum atomic E-state index is -0.733. The molecule has 0 saturated heterocycles. The van der Waals surface area contributed by atoms with Crippen LogP contribution in [0.5, 0.6) is 0 Å². The molecule has 2 nitrogen and oxygen atoms in total. The first kappa shape index (κ1) is 8.73. The van der Waals surface area contributed by atoms with Crippen molar-refractivity contribution in [3.8, 4) is 0 Å². The number of hydrogen-bond donors (Lipinski definition) is 1. The van der Waals surface area contributed by atoms with Crippen molar-refractivity contribution in [2.45, 2.75) is 26.2 Å². The average molecular weight is 178 g/mol. The number of aliphatic hydroxyl groups excluding tert-OH is 1. The van der Waals surface area contributed by atoms with Crippen LogP contribution in [0, 0.1) is 5.92 Å². The molecule has 2 rings (SSSR count). The first-order valence-electron chi connectivity index (χ1n) is 4.62. The van der Waals surface area contributed by atoms with E-state index in [4.69, 9.17) is 4.74 Å². The summed E-state index contributed by atoms with van der Waals surface area (Å²) in [6.07, 6.45) is -0.685. The van der Waals surface area contributed by atoms with Crippen LogP contribution in [0.4, 0.5) is 0 Å². The van der Waals surface area contributed by atoms with Gasteiger partial charge in [-0.3, -0.25) is 0 Å². The van der Waals surface area contributed by atoms with Crippen LogP contribution < -0.4 is 0 Å². The van der Waals surface area contributed by atoms with Gasteiger partial charge in [0.05, 0.1) is 6.10 Å². The number of aliphatic hydroxyl groups is 1. The van der Waals surface area contributed by atoms with Gasteiger partial charge in [0.2, 0.25) is 0 Å². The van der Waals surface area contributed by atoms with E-state index in [2.05, 4.69) is 13.8 Å². The van der Waals surface area contributed by atoms with E-state index < -0.39 is 6.29 Å². The van der Waals surface area contributed by atoms with E-state index in [1.807, 2.05) is 24.3 Å². The number of rotatable bonds is 1. The minimum absolute atomic E-state index is 0.0474. The van der Waals surface area contributed by atoms with Crippen LogP contribution in [-0.2, 0) is 4.74 Å². The van der Waals surface area contributed by atoms with E-state index in [0.29, 0.717) is 5.92 Å². The van der Waals surface area contributed by atoms with Crippen molar-refractivity contribution in [1.29, 1.82) is 0 Å². The fraction of sp³-hybridized carbons (Fsp3) is 0.455. The summed E-state index contributed by atoms with van der Waals surface area (Å²) < 4.78 is 5.45. The van der Waals surface area contributed by atoms with E-state index in [9.17, 15) is 5.11 Å². The van der Waals surface area contributed by atoms with Crippen molar-refractivity contribution >= 4 is 0 Å². The molecule has 1 heterocycles. The fourth-order valence-corrected chi connectivity index (χ4v) is 1.80. The van der Waals surface area contributed by atoms with Crippen molar-refractivity contribution in [3.05, 3.63) is 35.4 Å². The zero-order valence-electron chi connectivity index (χ0n) is 7.90. The predicted molar refractivity (Wildman–Crippen MR) is 50.1 cm³/mol. The second-order valence-electron chi connectivity index (χ2n) is 3.78. The minimum Gasteiger partial charge on any atom is -0.364 e. The average Bonchev–Trinajstić information content (AvgIpc) is 2.45. The van der Waals surface area contributed by atoms with Crippen molar-refractivity contribution < 1.29 is 9.84 Å². The van der Waals surface area contributed by atoms with Gasteiger partial charge in [0, 0.05) is 5.56 Å². The van der Waals surface area contributed by atoms with Gasteiger partial charge in [-0.1, -0.05) is 38.1 Å². The quantitative estimate of drug-likeness (QED) is 0.715. The van der Waals surface area contributed by atoms with Gasteiger partial charge in [0.1, 0.15) is 0 Å². The van der Waals surface area contributed by atoms with E-state index in [-0.39, 0.29) is 6.10 Å². The standard InChI is InChI=1S/C11H14O2/c1-7(2)10-8-5-3-4-6-9(8)11(12)13-10/h3-7,10-12H,1-2H3. The lowest BCUT2D eigenvalue weighted by molar-refractivity contribution is -0.132. The molecule has 2 unspecified atom stereocenters. The van der Waals surface area contributed by atoms with Gasteiger partial charge >= 0.3 is 0 Å². The monoisotopic (exact) mass is 178 g/mol. The lowest BCUT2D eigenvalue weighted by Gasteiger charge is -2.15. The molecule has 2 atom stereocenters. The highest BCUT2D eigenvalue weighted by atomic mass is 16.6. The number of ether oxygens (including phenoxy) is 1. The van der Waals surface area contributed by atoms with Crippen LogP contribution in [-0.4, -0.2) is 5.11 Å². The van der Waals surface area contributed by atoms with Crippen LogP contribution in [0.3, 0.4) is 0 Å². The number of fused-ring (bicyclic) bond motifs is 1. The first-order valence-corrected chi connectivity index (χ1v) is 4.62. The van der Waals surface area contributed by atoms with Crippen LogP contribution in [0.25, 0.3) is 0 Å². The summed E-state index contributed by atoms with van der Waals surface area (Å²) in [5, 5.41) is 9.58. The molecule has 0 spiro atoms. The second-order valence-corrected chi connectivity index (χ2v) is 3.78. The molecule has 0 saturated carbocycles. The summed E-state index contributed by atoms with van der Waals surface area (Å²) in [5.41, 5.74) is 2.05. The third-order valence-corrected chi connectivity index (χ3v) is 2.45. The molecule has 13 heavy (non-hydrogen) atoms. The summed E-state index contributed by atoms with van der Waals surface area (Å²) in [6.45, 7) is 4.19. The summed E-state index contributed by atoms with van der Waals surface area (Å²) >= 11 is 0. The van der Waals surface area contributed by atoms with Crippen molar-refractivity contribution in [2.75, 3.05) is 0 Å². The van der Waals surface area contributed by atoms with Gasteiger partial charge in [0.15, 0.2) is 6.29 Å². The molecule has 0 aliphatic carbocycles. The van der Waals surface area contributed by atoms with Crippen LogP contribution in [0.1, 0.15) is 37.4 Å². The first-order chi connectivity index (χ1) is 6.20. The Kier molecular flexibility index (Phi) is 2.10. The topological polar surface area (TPSA) is 29.5 Å². The maximum Gasteiger partial charge on any atom is 0.182 e. The van der Waals surface area contributed by atoms with Crippen molar-refractivity contribution in [2.24, 2.45) is 5.92 Å². The van der Waals surface area contributed by atoms with Crippen molar-refractivity contribution in [1.82, 2.24) is 0 Å². The third-order valence-electron chi connectivity index (χ3n) is 2.45. The molecule has 0 bridgehead atoms. The van der Waals surface area contributed by atoms with E-state index >= 15 is 0 Å². The Hall–Kier alpha value is -0.860. The molecule has 0 amide bonds. The third kappa shape index (κ3) is 1.36. The lowest BCUT2D eigenvalue weighted by Crippen LogP contribution is -2.05. The molecule has 1 aliphatic rings. The van der Waals surface area contributed by atoms with E-state index in [1.54, 1.807) is 0 Å². The molecule has 70 valence electrons. The smallest absolute Gasteiger partial charge is 0.182 e. The maximum atomic E-state index is 9.58. The lowest BCUT2D eigenvalue weighted by atomic mass is 9.97. The highest BCUT2D eigenvalue weighted by Crippen LogP contribution is 2.40. The number of hydrogen-bond acceptors (Lipinski definition) is 2. The Morgan fingerprint density at radius 2 is 1.85 bits per heavy atom. The highest BCUT2D eigenvalue weighted by molar-refractivity contribution is 5.33. The number of benzene rings is 1. The van der Waals surface area contributed by atoms with Crippen LogP contribution >= 0.6 is 0 Å². The van der Waals surface area contributed by atoms with E-state index in [0.717, 1.165) is 11.1 Å². The predicted octanol–water partition coefficient (Wildman–Crippen LogP) is 2.40. The molecule has 1 aromatic carbocycles. The normalized spacial score (nSPS) is 26.5. The Balaban J connectivity index is 2.41. The molecule has 1 aromatic rings. The Labute approximate surface area is 78.2 Å². The molecular weight excluding hydrogens is 164 g/mol. The Morgan fingerprint density at radius 3 is 2.46 bits per heavy atom. The van der Waals surface area contributed by atoms with Crippen LogP contribution in [0.15, 0.2) is 24.3 Å².